The first-order valence-electron chi connectivity index (χ1n) is 3.43. The van der Waals surface area contributed by atoms with Gasteiger partial charge in [-0.1, -0.05) is 0 Å². The second-order valence-corrected chi connectivity index (χ2v) is 3.91. The summed E-state index contributed by atoms with van der Waals surface area (Å²) in [5.74, 6) is -0.0907. The highest BCUT2D eigenvalue weighted by Gasteiger charge is 2.07. The van der Waals surface area contributed by atoms with E-state index in [1.165, 1.54) is 12.1 Å². The van der Waals surface area contributed by atoms with E-state index in [4.69, 9.17) is 9.11 Å². The third kappa shape index (κ3) is 4.74. The van der Waals surface area contributed by atoms with Crippen molar-refractivity contribution in [3.05, 3.63) is 24.3 Å². The first-order valence-corrected chi connectivity index (χ1v) is 5.83. The molecule has 0 aliphatic carbocycles. The Morgan fingerprint density at radius 2 is 1.60 bits per heavy atom. The summed E-state index contributed by atoms with van der Waals surface area (Å²) in [6.07, 6.45) is 0. The molecule has 0 aliphatic rings. The maximum atomic E-state index is 10.3. The second-order valence-electron chi connectivity index (χ2n) is 2.28. The van der Waals surface area contributed by atoms with Crippen molar-refractivity contribution in [2.24, 2.45) is 0 Å². The lowest BCUT2D eigenvalue weighted by atomic mass is 10.3. The van der Waals surface area contributed by atoms with Crippen LogP contribution in [-0.2, 0) is 21.8 Å². The van der Waals surface area contributed by atoms with E-state index < -0.39 is 21.8 Å². The molecule has 0 aliphatic heterocycles. The summed E-state index contributed by atoms with van der Waals surface area (Å²) in [5.41, 5.74) is 0. The third-order valence-corrected chi connectivity index (χ3v) is 1.93. The average Bonchev–Trinajstić information content (AvgIpc) is 2.05. The normalized spacial score (nSPS) is 13.2. The van der Waals surface area contributed by atoms with Crippen LogP contribution in [0.2, 0.25) is 0 Å². The zero-order valence-corrected chi connectivity index (χ0v) is 8.69. The van der Waals surface area contributed by atoms with Gasteiger partial charge in [0.1, 0.15) is 11.5 Å². The van der Waals surface area contributed by atoms with E-state index in [2.05, 4.69) is 8.37 Å². The van der Waals surface area contributed by atoms with Gasteiger partial charge < -0.3 is 8.37 Å². The predicted octanol–water partition coefficient (Wildman–Crippen LogP) is 0.384. The van der Waals surface area contributed by atoms with E-state index in [1.54, 1.807) is 0 Å². The highest BCUT2D eigenvalue weighted by Crippen LogP contribution is 2.18. The Bertz CT molecular complexity index is 449. The monoisotopic (exact) mass is 254 g/mol. The summed E-state index contributed by atoms with van der Waals surface area (Å²) < 4.78 is 55.9. The maximum absolute atomic E-state index is 10.3. The van der Waals surface area contributed by atoms with Gasteiger partial charge in [-0.15, -0.1) is 0 Å². The predicted molar refractivity (Wildman–Crippen MR) is 50.0 cm³/mol. The molecule has 7 nitrogen and oxygen atoms in total. The standard InChI is InChI=1S/C6H6O7S2/c7-14(8)12-5-1-3-6(4-2-5)13-15(9,10)11/h1-4H,(H,7,8)(H,9,10,11). The van der Waals surface area contributed by atoms with Gasteiger partial charge in [0.05, 0.1) is 0 Å². The van der Waals surface area contributed by atoms with Crippen LogP contribution < -0.4 is 8.37 Å². The van der Waals surface area contributed by atoms with E-state index in [0.717, 1.165) is 12.1 Å². The zero-order chi connectivity index (χ0) is 11.5. The summed E-state index contributed by atoms with van der Waals surface area (Å²) in [7, 11) is -4.56. The number of hydrogen-bond acceptors (Lipinski definition) is 5. The Morgan fingerprint density at radius 1 is 1.13 bits per heavy atom. The fourth-order valence-electron chi connectivity index (χ4n) is 0.755. The molecule has 1 atom stereocenters. The van der Waals surface area contributed by atoms with Crippen LogP contribution in [0.25, 0.3) is 0 Å². The van der Waals surface area contributed by atoms with E-state index in [-0.39, 0.29) is 11.5 Å². The van der Waals surface area contributed by atoms with Crippen molar-refractivity contribution in [2.75, 3.05) is 0 Å². The van der Waals surface area contributed by atoms with Crippen LogP contribution in [0.1, 0.15) is 0 Å². The lowest BCUT2D eigenvalue weighted by Gasteiger charge is -2.02. The van der Waals surface area contributed by atoms with Crippen LogP contribution >= 0.6 is 0 Å². The number of rotatable bonds is 4. The van der Waals surface area contributed by atoms with Crippen molar-refractivity contribution in [1.29, 1.82) is 0 Å². The van der Waals surface area contributed by atoms with Gasteiger partial charge in [0.25, 0.3) is 0 Å². The zero-order valence-electron chi connectivity index (χ0n) is 7.06. The van der Waals surface area contributed by atoms with E-state index in [1.807, 2.05) is 0 Å². The quantitative estimate of drug-likeness (QED) is 0.590. The molecule has 0 spiro atoms. The van der Waals surface area contributed by atoms with Gasteiger partial charge in [-0.3, -0.25) is 9.11 Å². The van der Waals surface area contributed by atoms with E-state index >= 15 is 0 Å². The summed E-state index contributed by atoms with van der Waals surface area (Å²) >= 11 is -2.45. The molecule has 0 saturated carbocycles. The lowest BCUT2D eigenvalue weighted by molar-refractivity contribution is 0.386. The van der Waals surface area contributed by atoms with Crippen LogP contribution in [0.4, 0.5) is 0 Å². The summed E-state index contributed by atoms with van der Waals surface area (Å²) in [4.78, 5) is 0. The summed E-state index contributed by atoms with van der Waals surface area (Å²) in [6, 6.07) is 4.70. The van der Waals surface area contributed by atoms with Crippen molar-refractivity contribution >= 4 is 21.8 Å². The van der Waals surface area contributed by atoms with Crippen LogP contribution in [0, 0.1) is 0 Å². The minimum Gasteiger partial charge on any atom is -0.380 e. The molecule has 0 heterocycles. The molecular formula is C6H6O7S2. The van der Waals surface area contributed by atoms with Gasteiger partial charge in [0.15, 0.2) is 0 Å². The van der Waals surface area contributed by atoms with E-state index in [9.17, 15) is 12.6 Å². The minimum absolute atomic E-state index is 0.0542. The van der Waals surface area contributed by atoms with Gasteiger partial charge >= 0.3 is 21.8 Å². The Hall–Kier alpha value is -1.16. The van der Waals surface area contributed by atoms with Crippen molar-refractivity contribution in [2.45, 2.75) is 0 Å². The highest BCUT2D eigenvalue weighted by atomic mass is 32.3. The molecule has 0 amide bonds. The van der Waals surface area contributed by atoms with Crippen molar-refractivity contribution in [1.82, 2.24) is 0 Å². The Morgan fingerprint density at radius 3 is 2.00 bits per heavy atom. The Balaban J connectivity index is 2.77. The second kappa shape index (κ2) is 4.57. The Labute approximate surface area is 88.1 Å². The molecule has 0 fully saturated rings. The molecule has 0 saturated heterocycles. The van der Waals surface area contributed by atoms with Gasteiger partial charge in [-0.2, -0.15) is 12.6 Å². The van der Waals surface area contributed by atoms with Crippen LogP contribution in [0.15, 0.2) is 24.3 Å². The van der Waals surface area contributed by atoms with Crippen LogP contribution in [0.5, 0.6) is 11.5 Å². The van der Waals surface area contributed by atoms with Crippen LogP contribution in [0.3, 0.4) is 0 Å². The van der Waals surface area contributed by atoms with Crippen molar-refractivity contribution in [3.8, 4) is 11.5 Å². The maximum Gasteiger partial charge on any atom is 0.446 e. The molecule has 1 rings (SSSR count). The fraction of sp³-hybridized carbons (Fsp3) is 0. The van der Waals surface area contributed by atoms with Gasteiger partial charge in [-0.05, 0) is 24.3 Å². The topological polar surface area (TPSA) is 110 Å². The molecule has 1 aromatic rings. The molecule has 84 valence electrons. The lowest BCUT2D eigenvalue weighted by Crippen LogP contribution is -2.06. The molecule has 1 aromatic carbocycles. The van der Waals surface area contributed by atoms with Crippen molar-refractivity contribution < 1.29 is 30.1 Å². The molecule has 0 aromatic heterocycles. The molecular weight excluding hydrogens is 248 g/mol. The third-order valence-electron chi connectivity index (χ3n) is 1.19. The van der Waals surface area contributed by atoms with Gasteiger partial charge in [0.2, 0.25) is 0 Å². The first kappa shape index (κ1) is 11.9. The number of benzene rings is 1. The van der Waals surface area contributed by atoms with Crippen molar-refractivity contribution in [3.63, 3.8) is 0 Å². The van der Waals surface area contributed by atoms with E-state index in [0.29, 0.717) is 0 Å². The molecule has 9 heteroatoms. The highest BCUT2D eigenvalue weighted by molar-refractivity contribution is 7.81. The first-order chi connectivity index (χ1) is 6.87. The Kier molecular flexibility index (Phi) is 3.63. The largest absolute Gasteiger partial charge is 0.446 e. The summed E-state index contributed by atoms with van der Waals surface area (Å²) in [5, 5.41) is 0. The fourth-order valence-corrected chi connectivity index (χ4v) is 1.38. The molecule has 1 unspecified atom stereocenters. The molecule has 15 heavy (non-hydrogen) atoms. The van der Waals surface area contributed by atoms with Crippen LogP contribution in [-0.4, -0.2) is 21.7 Å². The molecule has 2 N–H and O–H groups in total. The van der Waals surface area contributed by atoms with Gasteiger partial charge in [-0.25, -0.2) is 0 Å². The van der Waals surface area contributed by atoms with Gasteiger partial charge in [0, 0.05) is 0 Å². The smallest absolute Gasteiger partial charge is 0.380 e. The number of hydrogen-bond donors (Lipinski definition) is 2. The average molecular weight is 254 g/mol. The minimum atomic E-state index is -4.56. The SMILES string of the molecule is O=S(O)Oc1ccc(OS(=O)(=O)O)cc1. The molecule has 0 bridgehead atoms. The summed E-state index contributed by atoms with van der Waals surface area (Å²) in [6.45, 7) is 0. The molecule has 0 radical (unpaired) electrons.